The van der Waals surface area contributed by atoms with Crippen LogP contribution in [0.2, 0.25) is 0 Å². The van der Waals surface area contributed by atoms with Crippen LogP contribution >= 0.6 is 11.3 Å². The summed E-state index contributed by atoms with van der Waals surface area (Å²) in [6.45, 7) is 4.49. The Labute approximate surface area is 146 Å². The molecule has 1 aromatic heterocycles. The largest absolute Gasteiger partial charge is 0.349 e. The predicted octanol–water partition coefficient (Wildman–Crippen LogP) is 3.05. The van der Waals surface area contributed by atoms with Crippen LogP contribution in [0.3, 0.4) is 0 Å². The zero-order chi connectivity index (χ0) is 17.6. The SMILES string of the molecule is CCC(CC)(CN)NC(=O)Cc1csc(Cc2ccc(F)cc2)n1. The van der Waals surface area contributed by atoms with Crippen LogP contribution in [0, 0.1) is 5.82 Å². The molecule has 0 aliphatic rings. The van der Waals surface area contributed by atoms with Crippen molar-refractivity contribution in [2.45, 2.75) is 45.1 Å². The molecule has 2 aromatic rings. The average molecular weight is 349 g/mol. The van der Waals surface area contributed by atoms with Crippen LogP contribution in [0.15, 0.2) is 29.6 Å². The van der Waals surface area contributed by atoms with E-state index >= 15 is 0 Å². The number of nitrogens with two attached hydrogens (primary N) is 1. The summed E-state index contributed by atoms with van der Waals surface area (Å²) in [7, 11) is 0. The van der Waals surface area contributed by atoms with Gasteiger partial charge in [0, 0.05) is 18.3 Å². The van der Waals surface area contributed by atoms with Crippen molar-refractivity contribution in [3.8, 4) is 0 Å². The summed E-state index contributed by atoms with van der Waals surface area (Å²) in [5.74, 6) is -0.298. The smallest absolute Gasteiger partial charge is 0.226 e. The maximum atomic E-state index is 12.9. The standard InChI is InChI=1S/C18H24FN3OS/c1-3-18(4-2,12-20)22-16(23)10-15-11-24-17(21-15)9-13-5-7-14(19)8-6-13/h5-8,11H,3-4,9-10,12,20H2,1-2H3,(H,22,23). The van der Waals surface area contributed by atoms with Gasteiger partial charge in [0.15, 0.2) is 0 Å². The summed E-state index contributed by atoms with van der Waals surface area (Å²) in [5, 5.41) is 5.87. The van der Waals surface area contributed by atoms with Gasteiger partial charge in [0.05, 0.1) is 22.7 Å². The summed E-state index contributed by atoms with van der Waals surface area (Å²) in [6, 6.07) is 6.39. The van der Waals surface area contributed by atoms with Crippen molar-refractivity contribution >= 4 is 17.2 Å². The predicted molar refractivity (Wildman–Crippen MR) is 95.5 cm³/mol. The van der Waals surface area contributed by atoms with E-state index < -0.39 is 0 Å². The maximum absolute atomic E-state index is 12.9. The molecule has 1 heterocycles. The van der Waals surface area contributed by atoms with Gasteiger partial charge in [0.1, 0.15) is 5.82 Å². The van der Waals surface area contributed by atoms with Crippen LogP contribution in [0.4, 0.5) is 4.39 Å². The highest BCUT2D eigenvalue weighted by atomic mass is 32.1. The molecule has 0 bridgehead atoms. The van der Waals surface area contributed by atoms with Crippen molar-refractivity contribution in [3.05, 3.63) is 51.7 Å². The van der Waals surface area contributed by atoms with Crippen molar-refractivity contribution in [1.29, 1.82) is 0 Å². The van der Waals surface area contributed by atoms with Gasteiger partial charge in [-0.1, -0.05) is 26.0 Å². The molecule has 2 rings (SSSR count). The van der Waals surface area contributed by atoms with Crippen molar-refractivity contribution in [2.24, 2.45) is 5.73 Å². The molecule has 0 fully saturated rings. The highest BCUT2D eigenvalue weighted by molar-refractivity contribution is 7.09. The van der Waals surface area contributed by atoms with Gasteiger partial charge in [-0.2, -0.15) is 0 Å². The second-order valence-corrected chi connectivity index (χ2v) is 6.89. The van der Waals surface area contributed by atoms with Crippen molar-refractivity contribution in [3.63, 3.8) is 0 Å². The molecule has 0 radical (unpaired) electrons. The van der Waals surface area contributed by atoms with Crippen molar-refractivity contribution in [2.75, 3.05) is 6.54 Å². The van der Waals surface area contributed by atoms with Crippen LogP contribution in [0.5, 0.6) is 0 Å². The number of nitrogens with one attached hydrogen (secondary N) is 1. The number of rotatable bonds is 8. The Balaban J connectivity index is 1.95. The van der Waals surface area contributed by atoms with E-state index in [0.717, 1.165) is 29.1 Å². The topological polar surface area (TPSA) is 68.0 Å². The molecule has 0 saturated carbocycles. The maximum Gasteiger partial charge on any atom is 0.226 e. The first-order chi connectivity index (χ1) is 11.5. The van der Waals surface area contributed by atoms with E-state index in [1.165, 1.54) is 23.5 Å². The number of carbonyl (C=O) groups is 1. The highest BCUT2D eigenvalue weighted by Crippen LogP contribution is 2.17. The molecule has 1 aromatic carbocycles. The number of thiazole rings is 1. The Morgan fingerprint density at radius 3 is 2.54 bits per heavy atom. The van der Waals surface area contributed by atoms with Crippen molar-refractivity contribution in [1.82, 2.24) is 10.3 Å². The van der Waals surface area contributed by atoms with Gasteiger partial charge >= 0.3 is 0 Å². The first-order valence-electron chi connectivity index (χ1n) is 8.19. The average Bonchev–Trinajstić information content (AvgIpc) is 3.01. The molecular formula is C18H24FN3OS. The Bertz CT molecular complexity index is 657. The fourth-order valence-electron chi connectivity index (χ4n) is 2.56. The summed E-state index contributed by atoms with van der Waals surface area (Å²) < 4.78 is 12.9. The fourth-order valence-corrected chi connectivity index (χ4v) is 3.39. The summed E-state index contributed by atoms with van der Waals surface area (Å²) in [5.41, 5.74) is 7.24. The lowest BCUT2D eigenvalue weighted by Crippen LogP contribution is -2.53. The summed E-state index contributed by atoms with van der Waals surface area (Å²) in [4.78, 5) is 16.8. The minimum Gasteiger partial charge on any atom is -0.349 e. The lowest BCUT2D eigenvalue weighted by Gasteiger charge is -2.31. The van der Waals surface area contributed by atoms with E-state index in [1.807, 2.05) is 19.2 Å². The number of amides is 1. The van der Waals surface area contributed by atoms with Crippen LogP contribution < -0.4 is 11.1 Å². The lowest BCUT2D eigenvalue weighted by atomic mass is 9.92. The van der Waals surface area contributed by atoms with Crippen LogP contribution in [0.1, 0.15) is 43.0 Å². The number of hydrogen-bond acceptors (Lipinski definition) is 4. The highest BCUT2D eigenvalue weighted by Gasteiger charge is 2.26. The third kappa shape index (κ3) is 4.85. The van der Waals surface area contributed by atoms with E-state index in [-0.39, 0.29) is 23.7 Å². The number of nitrogens with zero attached hydrogens (tertiary/aromatic N) is 1. The second-order valence-electron chi connectivity index (χ2n) is 5.95. The number of halogens is 1. The van der Waals surface area contributed by atoms with Crippen LogP contribution in [-0.4, -0.2) is 23.0 Å². The summed E-state index contributed by atoms with van der Waals surface area (Å²) in [6.07, 6.45) is 2.50. The van der Waals surface area contributed by atoms with Gasteiger partial charge < -0.3 is 11.1 Å². The molecular weight excluding hydrogens is 325 g/mol. The summed E-state index contributed by atoms with van der Waals surface area (Å²) >= 11 is 1.52. The normalized spacial score (nSPS) is 11.5. The molecule has 0 atom stereocenters. The van der Waals surface area contributed by atoms with E-state index in [0.29, 0.717) is 13.0 Å². The zero-order valence-corrected chi connectivity index (χ0v) is 15.0. The van der Waals surface area contributed by atoms with Gasteiger partial charge in [0.2, 0.25) is 5.91 Å². The number of benzene rings is 1. The van der Waals surface area contributed by atoms with E-state index in [4.69, 9.17) is 5.73 Å². The molecule has 24 heavy (non-hydrogen) atoms. The molecule has 4 nitrogen and oxygen atoms in total. The van der Waals surface area contributed by atoms with Crippen LogP contribution in [-0.2, 0) is 17.6 Å². The Morgan fingerprint density at radius 2 is 1.96 bits per heavy atom. The van der Waals surface area contributed by atoms with E-state index in [9.17, 15) is 9.18 Å². The Morgan fingerprint density at radius 1 is 1.29 bits per heavy atom. The molecule has 0 aliphatic carbocycles. The Kier molecular flexibility index (Phi) is 6.45. The molecule has 1 amide bonds. The molecule has 0 saturated heterocycles. The fraction of sp³-hybridized carbons (Fsp3) is 0.444. The molecule has 0 spiro atoms. The quantitative estimate of drug-likeness (QED) is 0.770. The van der Waals surface area contributed by atoms with Crippen LogP contribution in [0.25, 0.3) is 0 Å². The molecule has 6 heteroatoms. The van der Waals surface area contributed by atoms with Gasteiger partial charge in [-0.15, -0.1) is 11.3 Å². The third-order valence-electron chi connectivity index (χ3n) is 4.36. The zero-order valence-electron chi connectivity index (χ0n) is 14.1. The molecule has 0 unspecified atom stereocenters. The first kappa shape index (κ1) is 18.5. The van der Waals surface area contributed by atoms with Gasteiger partial charge in [-0.05, 0) is 30.5 Å². The Hall–Kier alpha value is -1.79. The van der Waals surface area contributed by atoms with E-state index in [1.54, 1.807) is 12.1 Å². The second kappa shape index (κ2) is 8.35. The minimum atomic E-state index is -0.329. The van der Waals surface area contributed by atoms with Gasteiger partial charge in [-0.25, -0.2) is 9.37 Å². The third-order valence-corrected chi connectivity index (χ3v) is 5.26. The first-order valence-corrected chi connectivity index (χ1v) is 9.07. The van der Waals surface area contributed by atoms with Gasteiger partial charge in [0.25, 0.3) is 0 Å². The minimum absolute atomic E-state index is 0.0530. The van der Waals surface area contributed by atoms with Crippen molar-refractivity contribution < 1.29 is 9.18 Å². The lowest BCUT2D eigenvalue weighted by molar-refractivity contribution is -0.122. The monoisotopic (exact) mass is 349 g/mol. The number of carbonyl (C=O) groups excluding carboxylic acids is 1. The number of hydrogen-bond donors (Lipinski definition) is 2. The number of aromatic nitrogens is 1. The molecule has 130 valence electrons. The molecule has 3 N–H and O–H groups in total. The van der Waals surface area contributed by atoms with Gasteiger partial charge in [-0.3, -0.25) is 4.79 Å². The van der Waals surface area contributed by atoms with E-state index in [2.05, 4.69) is 10.3 Å². The molecule has 0 aliphatic heterocycles.